The van der Waals surface area contributed by atoms with E-state index < -0.39 is 0 Å². The van der Waals surface area contributed by atoms with Gasteiger partial charge in [0.15, 0.2) is 0 Å². The topological polar surface area (TPSA) is 53.1 Å². The van der Waals surface area contributed by atoms with E-state index in [1.807, 2.05) is 25.5 Å². The first-order valence-electron chi connectivity index (χ1n) is 5.76. The summed E-state index contributed by atoms with van der Waals surface area (Å²) in [7, 11) is 1.89. The summed E-state index contributed by atoms with van der Waals surface area (Å²) in [6.45, 7) is 0.564. The van der Waals surface area contributed by atoms with Gasteiger partial charge in [-0.25, -0.2) is 0 Å². The molecule has 4 nitrogen and oxygen atoms in total. The number of nitrogens with zero attached hydrogens (tertiary/aromatic N) is 2. The number of nitrogens with two attached hydrogens (primary N) is 1. The van der Waals surface area contributed by atoms with Crippen LogP contribution in [0.5, 0.6) is 5.75 Å². The number of aromatic nitrogens is 2. The lowest BCUT2D eigenvalue weighted by Gasteiger charge is -2.08. The highest BCUT2D eigenvalue weighted by molar-refractivity contribution is 7.80. The number of rotatable bonds is 5. The maximum Gasteiger partial charge on any atom is 0.120 e. The smallest absolute Gasteiger partial charge is 0.120 e. The second kappa shape index (κ2) is 6.04. The molecule has 1 aromatic heterocycles. The third kappa shape index (κ3) is 3.68. The molecule has 100 valence electrons. The minimum absolute atomic E-state index is 0.284. The SMILES string of the molecule is Cn1cc(CCOc2ccc(C(N)=S)c(Cl)c2)cn1. The van der Waals surface area contributed by atoms with Crippen molar-refractivity contribution < 1.29 is 4.74 Å². The van der Waals surface area contributed by atoms with Crippen molar-refractivity contribution in [2.24, 2.45) is 12.8 Å². The van der Waals surface area contributed by atoms with Gasteiger partial charge in [0.25, 0.3) is 0 Å². The average Bonchev–Trinajstić information content (AvgIpc) is 2.75. The van der Waals surface area contributed by atoms with Crippen molar-refractivity contribution in [1.29, 1.82) is 0 Å². The quantitative estimate of drug-likeness (QED) is 0.860. The van der Waals surface area contributed by atoms with Crippen molar-refractivity contribution in [3.63, 3.8) is 0 Å². The van der Waals surface area contributed by atoms with E-state index in [-0.39, 0.29) is 4.99 Å². The Balaban J connectivity index is 1.93. The average molecular weight is 296 g/mol. The summed E-state index contributed by atoms with van der Waals surface area (Å²) in [5.41, 5.74) is 7.34. The number of thiocarbonyl (C=S) groups is 1. The predicted octanol–water partition coefficient (Wildman–Crippen LogP) is 2.33. The Labute approximate surface area is 122 Å². The van der Waals surface area contributed by atoms with Crippen molar-refractivity contribution in [2.75, 3.05) is 6.61 Å². The van der Waals surface area contributed by atoms with Gasteiger partial charge in [0.05, 0.1) is 17.8 Å². The Morgan fingerprint density at radius 1 is 1.53 bits per heavy atom. The second-order valence-electron chi connectivity index (χ2n) is 4.13. The minimum atomic E-state index is 0.284. The molecule has 2 N–H and O–H groups in total. The Bertz CT molecular complexity index is 597. The Morgan fingerprint density at radius 3 is 2.89 bits per heavy atom. The molecule has 0 unspecified atom stereocenters. The summed E-state index contributed by atoms with van der Waals surface area (Å²) in [5, 5.41) is 4.61. The van der Waals surface area contributed by atoms with Gasteiger partial charge in [-0.3, -0.25) is 4.68 Å². The molecule has 19 heavy (non-hydrogen) atoms. The second-order valence-corrected chi connectivity index (χ2v) is 4.97. The van der Waals surface area contributed by atoms with Crippen LogP contribution in [0.3, 0.4) is 0 Å². The molecule has 1 heterocycles. The van der Waals surface area contributed by atoms with Crippen molar-refractivity contribution in [3.05, 3.63) is 46.7 Å². The fourth-order valence-corrected chi connectivity index (χ4v) is 2.18. The van der Waals surface area contributed by atoms with Crippen LogP contribution < -0.4 is 10.5 Å². The molecule has 0 radical (unpaired) electrons. The molecule has 0 saturated heterocycles. The van der Waals surface area contributed by atoms with Crippen LogP contribution >= 0.6 is 23.8 Å². The number of benzene rings is 1. The highest BCUT2D eigenvalue weighted by Crippen LogP contribution is 2.22. The fraction of sp³-hybridized carbons (Fsp3) is 0.231. The monoisotopic (exact) mass is 295 g/mol. The van der Waals surface area contributed by atoms with Crippen LogP contribution in [0.1, 0.15) is 11.1 Å². The highest BCUT2D eigenvalue weighted by atomic mass is 35.5. The van der Waals surface area contributed by atoms with E-state index in [2.05, 4.69) is 5.10 Å². The number of hydrogen-bond donors (Lipinski definition) is 1. The zero-order valence-corrected chi connectivity index (χ0v) is 12.0. The minimum Gasteiger partial charge on any atom is -0.493 e. The standard InChI is InChI=1S/C13H14ClN3OS/c1-17-8-9(7-16-17)4-5-18-10-2-3-11(13(15)19)12(14)6-10/h2-3,6-8H,4-5H2,1H3,(H2,15,19). The van der Waals surface area contributed by atoms with E-state index in [0.717, 1.165) is 12.0 Å². The molecule has 0 saturated carbocycles. The van der Waals surface area contributed by atoms with Gasteiger partial charge in [-0.2, -0.15) is 5.10 Å². The Hall–Kier alpha value is -1.59. The molecular weight excluding hydrogens is 282 g/mol. The number of ether oxygens (including phenoxy) is 1. The molecule has 0 aliphatic rings. The van der Waals surface area contributed by atoms with E-state index in [0.29, 0.717) is 22.9 Å². The van der Waals surface area contributed by atoms with Gasteiger partial charge in [0.1, 0.15) is 10.7 Å². The lowest BCUT2D eigenvalue weighted by molar-refractivity contribution is 0.322. The fourth-order valence-electron chi connectivity index (χ4n) is 1.67. The molecule has 2 rings (SSSR count). The van der Waals surface area contributed by atoms with Gasteiger partial charge in [0.2, 0.25) is 0 Å². The zero-order valence-electron chi connectivity index (χ0n) is 10.5. The van der Waals surface area contributed by atoms with Crippen molar-refractivity contribution in [1.82, 2.24) is 9.78 Å². The van der Waals surface area contributed by atoms with E-state index in [4.69, 9.17) is 34.3 Å². The summed E-state index contributed by atoms with van der Waals surface area (Å²) in [6, 6.07) is 5.30. The first-order chi connectivity index (χ1) is 9.06. The van der Waals surface area contributed by atoms with Gasteiger partial charge in [-0.1, -0.05) is 23.8 Å². The number of halogens is 1. The van der Waals surface area contributed by atoms with Crippen molar-refractivity contribution >= 4 is 28.8 Å². The van der Waals surface area contributed by atoms with Crippen LogP contribution in [-0.4, -0.2) is 21.4 Å². The maximum absolute atomic E-state index is 6.06. The van der Waals surface area contributed by atoms with Gasteiger partial charge in [0, 0.05) is 25.2 Å². The summed E-state index contributed by atoms with van der Waals surface area (Å²) in [6.07, 6.45) is 4.58. The Morgan fingerprint density at radius 2 is 2.32 bits per heavy atom. The van der Waals surface area contributed by atoms with Crippen LogP contribution in [-0.2, 0) is 13.5 Å². The third-order valence-electron chi connectivity index (χ3n) is 2.62. The molecule has 2 aromatic rings. The van der Waals surface area contributed by atoms with Crippen LogP contribution in [0, 0.1) is 0 Å². The van der Waals surface area contributed by atoms with Gasteiger partial charge in [-0.15, -0.1) is 0 Å². The van der Waals surface area contributed by atoms with Crippen LogP contribution in [0.2, 0.25) is 5.02 Å². The van der Waals surface area contributed by atoms with E-state index in [9.17, 15) is 0 Å². The first kappa shape index (κ1) is 13.8. The van der Waals surface area contributed by atoms with Gasteiger partial charge in [-0.05, 0) is 23.8 Å². The molecular formula is C13H14ClN3OS. The molecule has 6 heteroatoms. The highest BCUT2D eigenvalue weighted by Gasteiger charge is 2.05. The van der Waals surface area contributed by atoms with E-state index in [1.54, 1.807) is 16.8 Å². The largest absolute Gasteiger partial charge is 0.493 e. The summed E-state index contributed by atoms with van der Waals surface area (Å²) in [5.74, 6) is 0.703. The molecule has 0 fully saturated rings. The molecule has 0 atom stereocenters. The van der Waals surface area contributed by atoms with Crippen molar-refractivity contribution in [3.8, 4) is 5.75 Å². The van der Waals surface area contributed by atoms with Crippen LogP contribution in [0.4, 0.5) is 0 Å². The summed E-state index contributed by atoms with van der Waals surface area (Å²) < 4.78 is 7.40. The van der Waals surface area contributed by atoms with Crippen molar-refractivity contribution in [2.45, 2.75) is 6.42 Å². The number of hydrogen-bond acceptors (Lipinski definition) is 3. The molecule has 0 aliphatic carbocycles. The van der Waals surface area contributed by atoms with Gasteiger partial charge >= 0.3 is 0 Å². The maximum atomic E-state index is 6.06. The lowest BCUT2D eigenvalue weighted by Crippen LogP contribution is -2.10. The Kier molecular flexibility index (Phi) is 4.39. The molecule has 0 aliphatic heterocycles. The molecule has 0 bridgehead atoms. The molecule has 0 amide bonds. The third-order valence-corrected chi connectivity index (χ3v) is 3.16. The zero-order chi connectivity index (χ0) is 13.8. The van der Waals surface area contributed by atoms with Crippen LogP contribution in [0.25, 0.3) is 0 Å². The van der Waals surface area contributed by atoms with Crippen LogP contribution in [0.15, 0.2) is 30.6 Å². The number of aryl methyl sites for hydroxylation is 1. The predicted molar refractivity (Wildman–Crippen MR) is 79.7 cm³/mol. The molecule has 1 aromatic carbocycles. The normalized spacial score (nSPS) is 10.4. The molecule has 0 spiro atoms. The lowest BCUT2D eigenvalue weighted by atomic mass is 10.2. The summed E-state index contributed by atoms with van der Waals surface area (Å²) >= 11 is 11.0. The van der Waals surface area contributed by atoms with E-state index >= 15 is 0 Å². The first-order valence-corrected chi connectivity index (χ1v) is 6.54. The van der Waals surface area contributed by atoms with Gasteiger partial charge < -0.3 is 10.5 Å². The van der Waals surface area contributed by atoms with E-state index in [1.165, 1.54) is 0 Å². The summed E-state index contributed by atoms with van der Waals surface area (Å²) in [4.78, 5) is 0.284.